The molecule has 0 N–H and O–H groups in total. The minimum Gasteiger partial charge on any atom is -0.467 e. The molecule has 8 atom stereocenters. The highest BCUT2D eigenvalue weighted by Gasteiger charge is 2.85. The molecule has 1 aromatic rings. The summed E-state index contributed by atoms with van der Waals surface area (Å²) in [4.78, 5) is 66.7. The van der Waals surface area contributed by atoms with Crippen LogP contribution in [0.2, 0.25) is 0 Å². The summed E-state index contributed by atoms with van der Waals surface area (Å²) < 4.78 is 40.4. The molecule has 50 heavy (non-hydrogen) atoms. The number of hydrogen-bond donors (Lipinski definition) is 0. The standard InChI is InChI=1S/C38H50O12/c1-9-23(2)18-24(3)14-15-31(41)48-33-32(47-26(5)39)37(17-16-28-19-25(4)20-29-12-10-11-13-30(29)21-28)46-22-36(34(42)44-7,49-27(6)40)38(33,50-37)35(43)45-8/h10-15,21,23-25,32-33H,9,16-20,22H2,1-8H3/b15-14+/t23-,24+,25-,32+,33+,36+,37-,38-/m0/s1. The van der Waals surface area contributed by atoms with Crippen LogP contribution in [0.4, 0.5) is 0 Å². The van der Waals surface area contributed by atoms with Crippen molar-refractivity contribution in [3.8, 4) is 0 Å². The summed E-state index contributed by atoms with van der Waals surface area (Å²) in [6.45, 7) is 9.69. The van der Waals surface area contributed by atoms with Gasteiger partial charge in [0.2, 0.25) is 5.79 Å². The van der Waals surface area contributed by atoms with Gasteiger partial charge in [0.15, 0.2) is 12.2 Å². The number of allylic oxidation sites excluding steroid dienone is 2. The third-order valence-electron chi connectivity index (χ3n) is 9.84. The summed E-state index contributed by atoms with van der Waals surface area (Å²) in [5.41, 5.74) is -2.04. The fourth-order valence-electron chi connectivity index (χ4n) is 7.40. The predicted molar refractivity (Wildman–Crippen MR) is 180 cm³/mol. The van der Waals surface area contributed by atoms with Crippen LogP contribution >= 0.6 is 0 Å². The Morgan fingerprint density at radius 3 is 2.30 bits per heavy atom. The van der Waals surface area contributed by atoms with E-state index in [4.69, 9.17) is 33.2 Å². The number of benzene rings is 1. The fourth-order valence-corrected chi connectivity index (χ4v) is 7.40. The molecule has 1 aliphatic carbocycles. The summed E-state index contributed by atoms with van der Waals surface area (Å²) in [5, 5.41) is 0. The Hall–Kier alpha value is -4.03. The molecule has 0 spiro atoms. The number of rotatable bonds is 13. The molecule has 4 rings (SSSR count). The Bertz CT molecular complexity index is 1510. The summed E-state index contributed by atoms with van der Waals surface area (Å²) >= 11 is 0. The number of ether oxygens (including phenoxy) is 7. The SMILES string of the molecule is CC[C@H](C)C[C@H](C)/C=C/C(=O)O[C@@H]1[C@@H](OC(C)=O)[C@@]2(CCC3=Cc4ccccc4C[C@@H](C)C3)OC[C@@](OC(C)=O)(C(=O)OC)[C@]1(C(=O)OC)O2. The first-order valence-electron chi connectivity index (χ1n) is 17.2. The van der Waals surface area contributed by atoms with Gasteiger partial charge in [0.05, 0.1) is 14.2 Å². The lowest BCUT2D eigenvalue weighted by Gasteiger charge is -2.48. The average Bonchev–Trinajstić information content (AvgIpc) is 3.16. The molecule has 2 fully saturated rings. The van der Waals surface area contributed by atoms with Gasteiger partial charge in [-0.1, -0.05) is 76.1 Å². The van der Waals surface area contributed by atoms with Crippen molar-refractivity contribution in [2.45, 2.75) is 109 Å². The van der Waals surface area contributed by atoms with Gasteiger partial charge >= 0.3 is 29.8 Å². The van der Waals surface area contributed by atoms with E-state index < -0.39 is 65.7 Å². The lowest BCUT2D eigenvalue weighted by Crippen LogP contribution is -2.75. The van der Waals surface area contributed by atoms with E-state index in [9.17, 15) is 24.0 Å². The Balaban J connectivity index is 1.85. The monoisotopic (exact) mass is 698 g/mol. The van der Waals surface area contributed by atoms with Gasteiger partial charge in [-0.05, 0) is 54.6 Å². The fraction of sp³-hybridized carbons (Fsp3) is 0.605. The Labute approximate surface area is 293 Å². The van der Waals surface area contributed by atoms with Gasteiger partial charge in [0.25, 0.3) is 11.2 Å². The lowest BCUT2D eigenvalue weighted by molar-refractivity contribution is -0.356. The minimum atomic E-state index is -2.71. The van der Waals surface area contributed by atoms with E-state index in [1.54, 1.807) is 6.08 Å². The minimum absolute atomic E-state index is 0.000597. The van der Waals surface area contributed by atoms with E-state index in [2.05, 4.69) is 32.9 Å². The van der Waals surface area contributed by atoms with Gasteiger partial charge in [-0.15, -0.1) is 0 Å². The number of hydrogen-bond acceptors (Lipinski definition) is 12. The lowest BCUT2D eigenvalue weighted by atomic mass is 9.77. The number of methoxy groups -OCH3 is 2. The van der Waals surface area contributed by atoms with E-state index in [1.807, 2.05) is 25.1 Å². The summed E-state index contributed by atoms with van der Waals surface area (Å²) in [6, 6.07) is 8.10. The van der Waals surface area contributed by atoms with Crippen LogP contribution in [0.25, 0.3) is 6.08 Å². The molecular weight excluding hydrogens is 648 g/mol. The van der Waals surface area contributed by atoms with Gasteiger partial charge < -0.3 is 33.2 Å². The quantitative estimate of drug-likeness (QED) is 0.154. The first kappa shape index (κ1) is 38.8. The van der Waals surface area contributed by atoms with Gasteiger partial charge in [-0.2, -0.15) is 0 Å². The van der Waals surface area contributed by atoms with Crippen LogP contribution in [0, 0.1) is 17.8 Å². The van der Waals surface area contributed by atoms with E-state index in [1.165, 1.54) is 11.6 Å². The Kier molecular flexibility index (Phi) is 12.3. The molecule has 0 amide bonds. The van der Waals surface area contributed by atoms with Gasteiger partial charge in [-0.25, -0.2) is 14.4 Å². The van der Waals surface area contributed by atoms with Crippen molar-refractivity contribution in [1.29, 1.82) is 0 Å². The smallest absolute Gasteiger partial charge is 0.356 e. The van der Waals surface area contributed by atoms with Crippen LogP contribution < -0.4 is 0 Å². The van der Waals surface area contributed by atoms with Gasteiger partial charge in [-0.3, -0.25) is 9.59 Å². The molecule has 2 aliphatic heterocycles. The van der Waals surface area contributed by atoms with Crippen LogP contribution in [-0.4, -0.2) is 79.9 Å². The second kappa shape index (κ2) is 15.9. The van der Waals surface area contributed by atoms with E-state index in [0.717, 1.165) is 64.9 Å². The Morgan fingerprint density at radius 2 is 1.66 bits per heavy atom. The van der Waals surface area contributed by atoms with Crippen LogP contribution in [-0.2, 0) is 63.6 Å². The maximum atomic E-state index is 14.1. The summed E-state index contributed by atoms with van der Waals surface area (Å²) in [7, 11) is 2.07. The number of esters is 5. The zero-order chi connectivity index (χ0) is 36.9. The summed E-state index contributed by atoms with van der Waals surface area (Å²) in [6.07, 6.45) is 5.22. The highest BCUT2D eigenvalue weighted by atomic mass is 16.8. The average molecular weight is 699 g/mol. The van der Waals surface area contributed by atoms with E-state index >= 15 is 0 Å². The van der Waals surface area contributed by atoms with Crippen molar-refractivity contribution in [3.05, 3.63) is 53.1 Å². The molecule has 2 bridgehead atoms. The van der Waals surface area contributed by atoms with E-state index in [0.29, 0.717) is 18.3 Å². The highest BCUT2D eigenvalue weighted by Crippen LogP contribution is 2.56. The van der Waals surface area contributed by atoms with Crippen molar-refractivity contribution in [3.63, 3.8) is 0 Å². The first-order valence-corrected chi connectivity index (χ1v) is 17.2. The van der Waals surface area contributed by atoms with Crippen molar-refractivity contribution >= 4 is 35.9 Å². The van der Waals surface area contributed by atoms with Gasteiger partial charge in [0.1, 0.15) is 6.61 Å². The highest BCUT2D eigenvalue weighted by molar-refractivity contribution is 5.97. The maximum Gasteiger partial charge on any atom is 0.356 e. The zero-order valence-electron chi connectivity index (χ0n) is 30.3. The molecule has 274 valence electrons. The molecule has 3 aliphatic rings. The third-order valence-corrected chi connectivity index (χ3v) is 9.84. The molecule has 2 heterocycles. The number of fused-ring (bicyclic) bond motifs is 3. The zero-order valence-corrected chi connectivity index (χ0v) is 30.3. The molecule has 1 aromatic carbocycles. The molecular formula is C38H50O12. The molecule has 12 nitrogen and oxygen atoms in total. The van der Waals surface area contributed by atoms with Crippen LogP contribution in [0.15, 0.2) is 42.0 Å². The normalized spacial score (nSPS) is 29.8. The predicted octanol–water partition coefficient (Wildman–Crippen LogP) is 5.05. The van der Waals surface area contributed by atoms with Crippen LogP contribution in [0.3, 0.4) is 0 Å². The molecule has 12 heteroatoms. The summed E-state index contributed by atoms with van der Waals surface area (Å²) in [5.74, 6) is -6.42. The van der Waals surface area contributed by atoms with Crippen LogP contribution in [0.5, 0.6) is 0 Å². The Morgan fingerprint density at radius 1 is 0.960 bits per heavy atom. The van der Waals surface area contributed by atoms with Crippen molar-refractivity contribution < 1.29 is 57.1 Å². The van der Waals surface area contributed by atoms with Crippen molar-refractivity contribution in [2.75, 3.05) is 20.8 Å². The molecule has 2 saturated heterocycles. The molecule has 0 unspecified atom stereocenters. The van der Waals surface area contributed by atoms with Crippen molar-refractivity contribution in [2.24, 2.45) is 17.8 Å². The van der Waals surface area contributed by atoms with Gasteiger partial charge in [0, 0.05) is 26.3 Å². The molecule has 0 aromatic heterocycles. The maximum absolute atomic E-state index is 14.1. The third kappa shape index (κ3) is 7.66. The van der Waals surface area contributed by atoms with Crippen LogP contribution in [0.1, 0.15) is 84.8 Å². The molecule has 0 saturated carbocycles. The topological polar surface area (TPSA) is 150 Å². The second-order valence-corrected chi connectivity index (χ2v) is 13.8. The second-order valence-electron chi connectivity index (χ2n) is 13.8. The largest absolute Gasteiger partial charge is 0.467 e. The first-order chi connectivity index (χ1) is 23.7. The number of carbonyl (C=O) groups excluding carboxylic acids is 5. The number of carbonyl (C=O) groups is 5. The van der Waals surface area contributed by atoms with Crippen molar-refractivity contribution in [1.82, 2.24) is 0 Å². The molecule has 0 radical (unpaired) electrons. The van der Waals surface area contributed by atoms with E-state index in [-0.39, 0.29) is 12.3 Å².